The highest BCUT2D eigenvalue weighted by Crippen LogP contribution is 2.36. The molecule has 0 radical (unpaired) electrons. The van der Waals surface area contributed by atoms with Gasteiger partial charge in [0.25, 0.3) is 0 Å². The van der Waals surface area contributed by atoms with Gasteiger partial charge in [0.1, 0.15) is 0 Å². The maximum Gasteiger partial charge on any atom is 0.358 e. The van der Waals surface area contributed by atoms with Crippen LogP contribution >= 0.6 is 0 Å². The van der Waals surface area contributed by atoms with E-state index in [1.54, 1.807) is 0 Å². The Kier molecular flexibility index (Phi) is 4.22. The quantitative estimate of drug-likeness (QED) is 0.908. The normalized spacial score (nSPS) is 27.4. The van der Waals surface area contributed by atoms with Crippen LogP contribution in [-0.2, 0) is 6.42 Å². The average molecular weight is 265 g/mol. The van der Waals surface area contributed by atoms with Gasteiger partial charge in [0.05, 0.1) is 11.7 Å². The summed E-state index contributed by atoms with van der Waals surface area (Å²) in [6.45, 7) is 6.57. The summed E-state index contributed by atoms with van der Waals surface area (Å²) >= 11 is 0. The fourth-order valence-corrected chi connectivity index (χ4v) is 3.35. The van der Waals surface area contributed by atoms with Crippen molar-refractivity contribution >= 4 is 5.97 Å². The molecular weight excluding hydrogens is 242 g/mol. The number of carbonyl (C=O) groups is 1. The van der Waals surface area contributed by atoms with Gasteiger partial charge in [-0.05, 0) is 37.5 Å². The molecule has 0 aromatic carbocycles. The minimum absolute atomic E-state index is 0.132. The Morgan fingerprint density at radius 3 is 2.47 bits per heavy atom. The molecule has 1 N–H and O–H groups in total. The first-order valence-electron chi connectivity index (χ1n) is 7.20. The minimum Gasteiger partial charge on any atom is -0.476 e. The average Bonchev–Trinajstić information content (AvgIpc) is 2.72. The predicted molar refractivity (Wildman–Crippen MR) is 72.2 cm³/mol. The fourth-order valence-electron chi connectivity index (χ4n) is 3.35. The van der Waals surface area contributed by atoms with Crippen LogP contribution in [-0.4, -0.2) is 26.1 Å². The Morgan fingerprint density at radius 2 is 1.95 bits per heavy atom. The molecule has 5 heteroatoms. The molecule has 0 aliphatic heterocycles. The number of hydrogen-bond acceptors (Lipinski definition) is 3. The second-order valence-electron chi connectivity index (χ2n) is 5.96. The Labute approximate surface area is 114 Å². The van der Waals surface area contributed by atoms with Crippen molar-refractivity contribution in [2.45, 2.75) is 58.9 Å². The van der Waals surface area contributed by atoms with Gasteiger partial charge in [0.2, 0.25) is 0 Å². The van der Waals surface area contributed by atoms with Crippen LogP contribution in [0, 0.1) is 11.8 Å². The highest BCUT2D eigenvalue weighted by Gasteiger charge is 2.29. The Bertz CT molecular complexity index is 446. The molecule has 5 nitrogen and oxygen atoms in total. The third-order valence-corrected chi connectivity index (χ3v) is 3.98. The van der Waals surface area contributed by atoms with Gasteiger partial charge in [0, 0.05) is 0 Å². The fraction of sp³-hybridized carbons (Fsp3) is 0.786. The first kappa shape index (κ1) is 14.0. The first-order valence-corrected chi connectivity index (χ1v) is 7.20. The Balaban J connectivity index is 2.30. The smallest absolute Gasteiger partial charge is 0.358 e. The number of aromatic nitrogens is 3. The molecule has 1 aromatic rings. The summed E-state index contributed by atoms with van der Waals surface area (Å²) in [5.41, 5.74) is 0.925. The minimum atomic E-state index is -0.966. The molecule has 2 unspecified atom stereocenters. The summed E-state index contributed by atoms with van der Waals surface area (Å²) in [6.07, 6.45) is 5.03. The summed E-state index contributed by atoms with van der Waals surface area (Å²) in [4.78, 5) is 11.2. The SMILES string of the molecule is CCCc1c(C(=O)O)nnn1C1CC(C)CC(C)C1. The van der Waals surface area contributed by atoms with Crippen molar-refractivity contribution in [2.75, 3.05) is 0 Å². The van der Waals surface area contributed by atoms with E-state index in [4.69, 9.17) is 0 Å². The Morgan fingerprint density at radius 1 is 1.32 bits per heavy atom. The van der Waals surface area contributed by atoms with E-state index in [0.29, 0.717) is 17.9 Å². The van der Waals surface area contributed by atoms with E-state index in [1.807, 2.05) is 4.68 Å². The van der Waals surface area contributed by atoms with Crippen molar-refractivity contribution in [2.24, 2.45) is 11.8 Å². The molecule has 1 heterocycles. The maximum absolute atomic E-state index is 11.2. The molecule has 2 atom stereocenters. The number of hydrogen-bond donors (Lipinski definition) is 1. The maximum atomic E-state index is 11.2. The van der Waals surface area contributed by atoms with Crippen LogP contribution in [0.5, 0.6) is 0 Å². The second kappa shape index (κ2) is 5.72. The van der Waals surface area contributed by atoms with E-state index in [1.165, 1.54) is 6.42 Å². The molecule has 106 valence electrons. The number of aromatic carboxylic acids is 1. The van der Waals surface area contributed by atoms with Gasteiger partial charge >= 0.3 is 5.97 Å². The van der Waals surface area contributed by atoms with Gasteiger partial charge in [-0.2, -0.15) is 0 Å². The van der Waals surface area contributed by atoms with Gasteiger partial charge in [-0.3, -0.25) is 0 Å². The van der Waals surface area contributed by atoms with Crippen molar-refractivity contribution in [3.8, 4) is 0 Å². The van der Waals surface area contributed by atoms with E-state index in [2.05, 4.69) is 31.1 Å². The zero-order valence-electron chi connectivity index (χ0n) is 12.0. The van der Waals surface area contributed by atoms with Crippen LogP contribution in [0.1, 0.15) is 68.7 Å². The van der Waals surface area contributed by atoms with Crippen LogP contribution < -0.4 is 0 Å². The van der Waals surface area contributed by atoms with Crippen molar-refractivity contribution in [1.29, 1.82) is 0 Å². The largest absolute Gasteiger partial charge is 0.476 e. The van der Waals surface area contributed by atoms with Crippen molar-refractivity contribution in [3.63, 3.8) is 0 Å². The van der Waals surface area contributed by atoms with Gasteiger partial charge in [-0.1, -0.05) is 32.4 Å². The van der Waals surface area contributed by atoms with Gasteiger partial charge in [-0.15, -0.1) is 5.10 Å². The van der Waals surface area contributed by atoms with E-state index in [-0.39, 0.29) is 5.69 Å². The number of carboxylic acids is 1. The summed E-state index contributed by atoms with van der Waals surface area (Å²) in [6, 6.07) is 0.306. The molecule has 0 saturated heterocycles. The van der Waals surface area contributed by atoms with Gasteiger partial charge < -0.3 is 5.11 Å². The lowest BCUT2D eigenvalue weighted by atomic mass is 9.80. The highest BCUT2D eigenvalue weighted by molar-refractivity contribution is 5.86. The predicted octanol–water partition coefficient (Wildman–Crippen LogP) is 2.93. The third kappa shape index (κ3) is 2.96. The second-order valence-corrected chi connectivity index (χ2v) is 5.96. The molecule has 1 saturated carbocycles. The zero-order valence-corrected chi connectivity index (χ0v) is 12.0. The molecule has 1 aliphatic carbocycles. The topological polar surface area (TPSA) is 68.0 Å². The molecule has 1 aliphatic rings. The van der Waals surface area contributed by atoms with E-state index in [0.717, 1.165) is 31.4 Å². The summed E-state index contributed by atoms with van der Waals surface area (Å²) in [7, 11) is 0. The van der Waals surface area contributed by atoms with Crippen LogP contribution in [0.3, 0.4) is 0 Å². The van der Waals surface area contributed by atoms with Gasteiger partial charge in [-0.25, -0.2) is 9.48 Å². The molecule has 0 spiro atoms. The van der Waals surface area contributed by atoms with Crippen LogP contribution in [0.2, 0.25) is 0 Å². The van der Waals surface area contributed by atoms with E-state index < -0.39 is 5.97 Å². The third-order valence-electron chi connectivity index (χ3n) is 3.98. The Hall–Kier alpha value is -1.39. The number of carboxylic acid groups (broad SMARTS) is 1. The van der Waals surface area contributed by atoms with Crippen molar-refractivity contribution in [3.05, 3.63) is 11.4 Å². The lowest BCUT2D eigenvalue weighted by molar-refractivity contribution is 0.0689. The molecule has 2 rings (SSSR count). The number of rotatable bonds is 4. The molecule has 19 heavy (non-hydrogen) atoms. The molecule has 1 aromatic heterocycles. The van der Waals surface area contributed by atoms with Crippen LogP contribution in [0.4, 0.5) is 0 Å². The van der Waals surface area contributed by atoms with Gasteiger partial charge in [0.15, 0.2) is 5.69 Å². The van der Waals surface area contributed by atoms with Crippen molar-refractivity contribution < 1.29 is 9.90 Å². The lowest BCUT2D eigenvalue weighted by Gasteiger charge is -2.32. The van der Waals surface area contributed by atoms with E-state index in [9.17, 15) is 9.90 Å². The number of nitrogens with zero attached hydrogens (tertiary/aromatic N) is 3. The van der Waals surface area contributed by atoms with Crippen LogP contribution in [0.15, 0.2) is 0 Å². The summed E-state index contributed by atoms with van der Waals surface area (Å²) in [5.74, 6) is 0.369. The lowest BCUT2D eigenvalue weighted by Crippen LogP contribution is -2.25. The standard InChI is InChI=1S/C14H23N3O2/c1-4-5-12-13(14(18)19)15-16-17(12)11-7-9(2)6-10(3)8-11/h9-11H,4-8H2,1-3H3,(H,18,19). The molecule has 0 amide bonds. The molecular formula is C14H23N3O2. The summed E-state index contributed by atoms with van der Waals surface area (Å²) in [5, 5.41) is 17.2. The summed E-state index contributed by atoms with van der Waals surface area (Å²) < 4.78 is 1.89. The molecule has 0 bridgehead atoms. The van der Waals surface area contributed by atoms with Crippen molar-refractivity contribution in [1.82, 2.24) is 15.0 Å². The monoisotopic (exact) mass is 265 g/mol. The van der Waals surface area contributed by atoms with Crippen LogP contribution in [0.25, 0.3) is 0 Å². The zero-order chi connectivity index (χ0) is 14.0. The molecule has 1 fully saturated rings. The van der Waals surface area contributed by atoms with E-state index >= 15 is 0 Å². The first-order chi connectivity index (χ1) is 9.02. The highest BCUT2D eigenvalue weighted by atomic mass is 16.4.